The van der Waals surface area contributed by atoms with Crippen LogP contribution in [0, 0.1) is 0 Å². The molecule has 1 fully saturated rings. The third-order valence-corrected chi connectivity index (χ3v) is 3.01. The van der Waals surface area contributed by atoms with Gasteiger partial charge in [-0.15, -0.1) is 0 Å². The third-order valence-electron chi connectivity index (χ3n) is 3.01. The number of carbonyl (C=O) groups is 1. The van der Waals surface area contributed by atoms with Crippen LogP contribution < -0.4 is 0 Å². The number of ether oxygens (including phenoxy) is 2. The molecule has 0 aliphatic heterocycles. The minimum Gasteiger partial charge on any atom is -0.460 e. The van der Waals surface area contributed by atoms with Crippen molar-refractivity contribution in [1.82, 2.24) is 4.98 Å². The van der Waals surface area contributed by atoms with Crippen molar-refractivity contribution in [2.24, 2.45) is 0 Å². The van der Waals surface area contributed by atoms with Crippen LogP contribution >= 0.6 is 0 Å². The van der Waals surface area contributed by atoms with Gasteiger partial charge < -0.3 is 13.9 Å². The smallest absolute Gasteiger partial charge is 0.376 e. The van der Waals surface area contributed by atoms with Crippen LogP contribution in [0.2, 0.25) is 0 Å². The van der Waals surface area contributed by atoms with E-state index in [9.17, 15) is 4.79 Å². The second-order valence-corrected chi connectivity index (χ2v) is 4.62. The molecule has 2 rings (SSSR count). The maximum absolute atomic E-state index is 11.8. The van der Waals surface area contributed by atoms with E-state index in [4.69, 9.17) is 13.9 Å². The van der Waals surface area contributed by atoms with E-state index in [1.165, 1.54) is 0 Å². The molecule has 0 radical (unpaired) electrons. The van der Waals surface area contributed by atoms with E-state index < -0.39 is 5.97 Å². The molecule has 1 saturated carbocycles. The lowest BCUT2D eigenvalue weighted by atomic mass is 10.2. The Labute approximate surface area is 113 Å². The summed E-state index contributed by atoms with van der Waals surface area (Å²) in [5.74, 6) is 0.900. The summed E-state index contributed by atoms with van der Waals surface area (Å²) in [6.45, 7) is 5.51. The molecule has 0 spiro atoms. The number of aryl methyl sites for hydroxylation is 1. The lowest BCUT2D eigenvalue weighted by Crippen LogP contribution is -2.05. The zero-order valence-electron chi connectivity index (χ0n) is 11.6. The van der Waals surface area contributed by atoms with E-state index in [1.54, 1.807) is 6.92 Å². The highest BCUT2D eigenvalue weighted by molar-refractivity contribution is 5.87. The van der Waals surface area contributed by atoms with Gasteiger partial charge in [-0.3, -0.25) is 0 Å². The molecule has 1 aliphatic rings. The van der Waals surface area contributed by atoms with Crippen molar-refractivity contribution in [2.45, 2.75) is 45.4 Å². The molecule has 19 heavy (non-hydrogen) atoms. The fraction of sp³-hybridized carbons (Fsp3) is 0.714. The lowest BCUT2D eigenvalue weighted by molar-refractivity contribution is 0.0486. The van der Waals surface area contributed by atoms with Gasteiger partial charge in [0.05, 0.1) is 12.3 Å². The average molecular weight is 267 g/mol. The molecular weight excluding hydrogens is 246 g/mol. The molecule has 0 atom stereocenters. The summed E-state index contributed by atoms with van der Waals surface area (Å²) in [6.07, 6.45) is 3.70. The SMILES string of the molecule is CCOCCCc1nc(C2CC2)c(C(=O)OCC)o1. The molecule has 1 aliphatic carbocycles. The minimum atomic E-state index is -0.395. The van der Waals surface area contributed by atoms with Gasteiger partial charge in [0.25, 0.3) is 0 Å². The van der Waals surface area contributed by atoms with Gasteiger partial charge in [0, 0.05) is 25.6 Å². The molecule has 1 aromatic rings. The van der Waals surface area contributed by atoms with Crippen molar-refractivity contribution < 1.29 is 18.7 Å². The molecule has 0 amide bonds. The molecule has 5 nitrogen and oxygen atoms in total. The number of esters is 1. The largest absolute Gasteiger partial charge is 0.460 e. The molecule has 0 aromatic carbocycles. The van der Waals surface area contributed by atoms with Crippen molar-refractivity contribution in [1.29, 1.82) is 0 Å². The number of oxazole rings is 1. The quantitative estimate of drug-likeness (QED) is 0.535. The molecule has 0 N–H and O–H groups in total. The normalized spacial score (nSPS) is 14.6. The number of hydrogen-bond donors (Lipinski definition) is 0. The third kappa shape index (κ3) is 3.80. The van der Waals surface area contributed by atoms with Gasteiger partial charge in [0.15, 0.2) is 5.89 Å². The summed E-state index contributed by atoms with van der Waals surface area (Å²) in [6, 6.07) is 0. The Morgan fingerprint density at radius 2 is 2.16 bits per heavy atom. The Hall–Kier alpha value is -1.36. The van der Waals surface area contributed by atoms with E-state index in [0.717, 1.165) is 25.0 Å². The van der Waals surface area contributed by atoms with Gasteiger partial charge in [0.2, 0.25) is 5.76 Å². The standard InChI is InChI=1S/C14H21NO4/c1-3-17-9-5-6-11-15-12(10-7-8-10)13(19-11)14(16)18-4-2/h10H,3-9H2,1-2H3. The van der Waals surface area contributed by atoms with Crippen LogP contribution in [0.3, 0.4) is 0 Å². The zero-order valence-corrected chi connectivity index (χ0v) is 11.6. The van der Waals surface area contributed by atoms with Crippen LogP contribution in [0.15, 0.2) is 4.42 Å². The molecule has 0 unspecified atom stereocenters. The number of rotatable bonds is 8. The van der Waals surface area contributed by atoms with E-state index in [0.29, 0.717) is 43.8 Å². The zero-order chi connectivity index (χ0) is 13.7. The highest BCUT2D eigenvalue weighted by atomic mass is 16.5. The maximum atomic E-state index is 11.8. The van der Waals surface area contributed by atoms with Gasteiger partial charge in [-0.1, -0.05) is 0 Å². The Bertz CT molecular complexity index is 423. The summed E-state index contributed by atoms with van der Waals surface area (Å²) in [5.41, 5.74) is 0.782. The van der Waals surface area contributed by atoms with Gasteiger partial charge in [-0.25, -0.2) is 9.78 Å². The van der Waals surface area contributed by atoms with Gasteiger partial charge in [-0.2, -0.15) is 0 Å². The molecule has 1 aromatic heterocycles. The number of carbonyl (C=O) groups excluding carboxylic acids is 1. The van der Waals surface area contributed by atoms with Crippen LogP contribution in [0.5, 0.6) is 0 Å². The summed E-state index contributed by atoms with van der Waals surface area (Å²) in [5, 5.41) is 0. The Kier molecular flexibility index (Phi) is 4.96. The molecule has 106 valence electrons. The van der Waals surface area contributed by atoms with E-state index >= 15 is 0 Å². The fourth-order valence-electron chi connectivity index (χ4n) is 1.93. The van der Waals surface area contributed by atoms with E-state index in [1.807, 2.05) is 6.92 Å². The van der Waals surface area contributed by atoms with Crippen molar-refractivity contribution in [3.8, 4) is 0 Å². The monoisotopic (exact) mass is 267 g/mol. The van der Waals surface area contributed by atoms with Crippen LogP contribution in [-0.4, -0.2) is 30.8 Å². The fourth-order valence-corrected chi connectivity index (χ4v) is 1.93. The van der Waals surface area contributed by atoms with Gasteiger partial charge >= 0.3 is 5.97 Å². The van der Waals surface area contributed by atoms with Crippen molar-refractivity contribution in [2.75, 3.05) is 19.8 Å². The lowest BCUT2D eigenvalue weighted by Gasteiger charge is -1.99. The predicted molar refractivity (Wildman–Crippen MR) is 69.2 cm³/mol. The molecular formula is C14H21NO4. The number of aromatic nitrogens is 1. The van der Waals surface area contributed by atoms with E-state index in [2.05, 4.69) is 4.98 Å². The van der Waals surface area contributed by atoms with Crippen LogP contribution in [0.25, 0.3) is 0 Å². The first-order chi connectivity index (χ1) is 9.26. The van der Waals surface area contributed by atoms with Crippen molar-refractivity contribution in [3.63, 3.8) is 0 Å². The first kappa shape index (κ1) is 14.1. The Balaban J connectivity index is 2.00. The Morgan fingerprint density at radius 1 is 1.37 bits per heavy atom. The number of nitrogens with zero attached hydrogens (tertiary/aromatic N) is 1. The van der Waals surface area contributed by atoms with Gasteiger partial charge in [0.1, 0.15) is 0 Å². The molecule has 5 heteroatoms. The van der Waals surface area contributed by atoms with Crippen LogP contribution in [0.1, 0.15) is 61.2 Å². The maximum Gasteiger partial charge on any atom is 0.376 e. The van der Waals surface area contributed by atoms with E-state index in [-0.39, 0.29) is 0 Å². The van der Waals surface area contributed by atoms with Crippen molar-refractivity contribution >= 4 is 5.97 Å². The average Bonchev–Trinajstić information content (AvgIpc) is 3.16. The highest BCUT2D eigenvalue weighted by Gasteiger charge is 2.33. The molecule has 1 heterocycles. The summed E-state index contributed by atoms with van der Waals surface area (Å²) in [7, 11) is 0. The summed E-state index contributed by atoms with van der Waals surface area (Å²) < 4.78 is 15.9. The predicted octanol–water partition coefficient (Wildman–Crippen LogP) is 2.70. The van der Waals surface area contributed by atoms with Crippen molar-refractivity contribution in [3.05, 3.63) is 17.3 Å². The first-order valence-electron chi connectivity index (χ1n) is 7.00. The van der Waals surface area contributed by atoms with Crippen LogP contribution in [-0.2, 0) is 15.9 Å². The minimum absolute atomic E-state index is 0.302. The number of hydrogen-bond acceptors (Lipinski definition) is 5. The Morgan fingerprint density at radius 3 is 2.79 bits per heavy atom. The molecule has 0 bridgehead atoms. The second kappa shape index (κ2) is 6.70. The highest BCUT2D eigenvalue weighted by Crippen LogP contribution is 2.41. The van der Waals surface area contributed by atoms with Crippen LogP contribution in [0.4, 0.5) is 0 Å². The second-order valence-electron chi connectivity index (χ2n) is 4.62. The summed E-state index contributed by atoms with van der Waals surface area (Å²) >= 11 is 0. The summed E-state index contributed by atoms with van der Waals surface area (Å²) in [4.78, 5) is 16.3. The topological polar surface area (TPSA) is 61.6 Å². The first-order valence-corrected chi connectivity index (χ1v) is 7.00. The van der Waals surface area contributed by atoms with Gasteiger partial charge in [-0.05, 0) is 33.1 Å². The molecule has 0 saturated heterocycles.